The number of hydrogen-bond acceptors (Lipinski definition) is 4. The van der Waals surface area contributed by atoms with Crippen molar-refractivity contribution in [3.63, 3.8) is 0 Å². The molecule has 3 N–H and O–H groups in total. The van der Waals surface area contributed by atoms with Gasteiger partial charge in [0, 0.05) is 12.2 Å². The van der Waals surface area contributed by atoms with Gasteiger partial charge in [-0.1, -0.05) is 6.07 Å². The predicted octanol–water partition coefficient (Wildman–Crippen LogP) is 1.20. The molecule has 0 radical (unpaired) electrons. The van der Waals surface area contributed by atoms with Crippen LogP contribution in [0, 0.1) is 0 Å². The number of aromatic amines is 2. The number of anilines is 1. The summed E-state index contributed by atoms with van der Waals surface area (Å²) in [4.78, 5) is 23.6. The predicted molar refractivity (Wildman–Crippen MR) is 77.2 cm³/mol. The quantitative estimate of drug-likeness (QED) is 0.785. The summed E-state index contributed by atoms with van der Waals surface area (Å²) < 4.78 is 5.73. The van der Waals surface area contributed by atoms with Crippen molar-refractivity contribution in [2.45, 2.75) is 32.0 Å². The number of nitrogens with one attached hydrogen (secondary N) is 3. The Morgan fingerprint density at radius 2 is 2.05 bits per heavy atom. The number of hydrogen-bond donors (Lipinski definition) is 3. The molecule has 0 spiro atoms. The second kappa shape index (κ2) is 5.13. The van der Waals surface area contributed by atoms with Crippen LogP contribution in [-0.4, -0.2) is 29.0 Å². The van der Waals surface area contributed by atoms with E-state index in [9.17, 15) is 9.59 Å². The van der Waals surface area contributed by atoms with E-state index in [1.165, 1.54) is 0 Å². The third kappa shape index (κ3) is 2.34. The second-order valence-corrected chi connectivity index (χ2v) is 5.16. The fourth-order valence-electron chi connectivity index (χ4n) is 2.64. The molecule has 1 saturated heterocycles. The lowest BCUT2D eigenvalue weighted by molar-refractivity contribution is 0.0637. The summed E-state index contributed by atoms with van der Waals surface area (Å²) in [6, 6.07) is 5.20. The largest absolute Gasteiger partial charge is 0.382 e. The molecule has 2 atom stereocenters. The van der Waals surface area contributed by atoms with E-state index in [0.29, 0.717) is 29.1 Å². The maximum Gasteiger partial charge on any atom is 0.272 e. The first-order valence-electron chi connectivity index (χ1n) is 6.78. The Labute approximate surface area is 115 Å². The van der Waals surface area contributed by atoms with Gasteiger partial charge in [-0.15, -0.1) is 0 Å². The van der Waals surface area contributed by atoms with Gasteiger partial charge in [-0.2, -0.15) is 0 Å². The van der Waals surface area contributed by atoms with Gasteiger partial charge in [0.1, 0.15) is 0 Å². The Hall–Kier alpha value is -2.08. The van der Waals surface area contributed by atoms with Crippen molar-refractivity contribution in [2.75, 3.05) is 11.9 Å². The minimum absolute atomic E-state index is 0.154. The molecule has 2 aromatic rings. The molecule has 6 nitrogen and oxygen atoms in total. The van der Waals surface area contributed by atoms with Crippen LogP contribution in [0.4, 0.5) is 5.69 Å². The van der Waals surface area contributed by atoms with E-state index in [2.05, 4.69) is 22.4 Å². The SMILES string of the molecule is CC1CCC(CNc2cccc3c(=O)[nH][nH]c(=O)c23)O1. The Kier molecular flexibility index (Phi) is 3.31. The third-order valence-corrected chi connectivity index (χ3v) is 3.67. The molecule has 1 aliphatic rings. The summed E-state index contributed by atoms with van der Waals surface area (Å²) in [6.07, 6.45) is 2.51. The van der Waals surface area contributed by atoms with E-state index in [4.69, 9.17) is 4.74 Å². The van der Waals surface area contributed by atoms with Crippen LogP contribution in [-0.2, 0) is 4.74 Å². The second-order valence-electron chi connectivity index (χ2n) is 5.16. The van der Waals surface area contributed by atoms with E-state index >= 15 is 0 Å². The van der Waals surface area contributed by atoms with Crippen LogP contribution in [0.1, 0.15) is 19.8 Å². The number of H-pyrrole nitrogens is 2. The van der Waals surface area contributed by atoms with Crippen molar-refractivity contribution >= 4 is 16.5 Å². The lowest BCUT2D eigenvalue weighted by Gasteiger charge is -2.14. The summed E-state index contributed by atoms with van der Waals surface area (Å²) in [5.74, 6) is 0. The molecular formula is C14H17N3O3. The van der Waals surface area contributed by atoms with Gasteiger partial charge in [0.2, 0.25) is 0 Å². The molecule has 0 amide bonds. The summed E-state index contributed by atoms with van der Waals surface area (Å²) >= 11 is 0. The average molecular weight is 275 g/mol. The van der Waals surface area contributed by atoms with Gasteiger partial charge < -0.3 is 10.1 Å². The van der Waals surface area contributed by atoms with Crippen molar-refractivity contribution in [2.24, 2.45) is 0 Å². The standard InChI is InChI=1S/C14H17N3O3/c1-8-5-6-9(20-8)7-15-11-4-2-3-10-12(11)14(19)17-16-13(10)18/h2-4,8-9,15H,5-7H2,1H3,(H,16,18)(H,17,19). The van der Waals surface area contributed by atoms with Gasteiger partial charge in [0.25, 0.3) is 11.1 Å². The topological polar surface area (TPSA) is 87.0 Å². The van der Waals surface area contributed by atoms with Crippen LogP contribution in [0.15, 0.2) is 27.8 Å². The normalized spacial score (nSPS) is 22.2. The van der Waals surface area contributed by atoms with Crippen LogP contribution in [0.2, 0.25) is 0 Å². The average Bonchev–Trinajstić information content (AvgIpc) is 2.86. The zero-order valence-corrected chi connectivity index (χ0v) is 11.2. The number of benzene rings is 1. The van der Waals surface area contributed by atoms with Crippen LogP contribution in [0.5, 0.6) is 0 Å². The summed E-state index contributed by atoms with van der Waals surface area (Å²) in [7, 11) is 0. The van der Waals surface area contributed by atoms with E-state index in [0.717, 1.165) is 12.8 Å². The van der Waals surface area contributed by atoms with Crippen molar-refractivity contribution in [3.8, 4) is 0 Å². The zero-order chi connectivity index (χ0) is 14.1. The molecule has 0 bridgehead atoms. The highest BCUT2D eigenvalue weighted by Crippen LogP contribution is 2.21. The molecule has 0 aliphatic carbocycles. The van der Waals surface area contributed by atoms with Crippen LogP contribution < -0.4 is 16.4 Å². The van der Waals surface area contributed by atoms with Crippen molar-refractivity contribution in [1.29, 1.82) is 0 Å². The van der Waals surface area contributed by atoms with Gasteiger partial charge in [-0.3, -0.25) is 19.8 Å². The zero-order valence-electron chi connectivity index (χ0n) is 11.2. The van der Waals surface area contributed by atoms with Crippen molar-refractivity contribution < 1.29 is 4.74 Å². The van der Waals surface area contributed by atoms with Gasteiger partial charge in [-0.05, 0) is 31.9 Å². The monoisotopic (exact) mass is 275 g/mol. The fraction of sp³-hybridized carbons (Fsp3) is 0.429. The molecule has 0 saturated carbocycles. The smallest absolute Gasteiger partial charge is 0.272 e. The van der Waals surface area contributed by atoms with E-state index in [1.807, 2.05) is 0 Å². The molecule has 2 unspecified atom stereocenters. The summed E-state index contributed by atoms with van der Waals surface area (Å²) in [5, 5.41) is 8.68. The molecule has 1 aromatic heterocycles. The fourth-order valence-corrected chi connectivity index (χ4v) is 2.64. The number of ether oxygens (including phenoxy) is 1. The first kappa shape index (κ1) is 12.9. The number of aromatic nitrogens is 2. The van der Waals surface area contributed by atoms with Crippen LogP contribution in [0.3, 0.4) is 0 Å². The molecule has 20 heavy (non-hydrogen) atoms. The Morgan fingerprint density at radius 1 is 1.25 bits per heavy atom. The van der Waals surface area contributed by atoms with E-state index in [-0.39, 0.29) is 17.2 Å². The van der Waals surface area contributed by atoms with Crippen LogP contribution in [0.25, 0.3) is 10.8 Å². The Bertz CT molecular complexity index is 734. The molecular weight excluding hydrogens is 258 g/mol. The molecule has 6 heteroatoms. The van der Waals surface area contributed by atoms with Gasteiger partial charge in [0.05, 0.1) is 23.0 Å². The lowest BCUT2D eigenvalue weighted by atomic mass is 10.1. The summed E-state index contributed by atoms with van der Waals surface area (Å²) in [6.45, 7) is 2.69. The Balaban J connectivity index is 1.90. The highest BCUT2D eigenvalue weighted by atomic mass is 16.5. The first-order valence-corrected chi connectivity index (χ1v) is 6.78. The van der Waals surface area contributed by atoms with Gasteiger partial charge >= 0.3 is 0 Å². The van der Waals surface area contributed by atoms with Crippen molar-refractivity contribution in [3.05, 3.63) is 38.9 Å². The molecule has 106 valence electrons. The minimum Gasteiger partial charge on any atom is -0.382 e. The molecule has 3 rings (SSSR count). The highest BCUT2D eigenvalue weighted by molar-refractivity contribution is 5.92. The highest BCUT2D eigenvalue weighted by Gasteiger charge is 2.21. The lowest BCUT2D eigenvalue weighted by Crippen LogP contribution is -2.23. The van der Waals surface area contributed by atoms with E-state index in [1.54, 1.807) is 18.2 Å². The maximum absolute atomic E-state index is 11.9. The van der Waals surface area contributed by atoms with Crippen LogP contribution >= 0.6 is 0 Å². The van der Waals surface area contributed by atoms with E-state index < -0.39 is 0 Å². The number of fused-ring (bicyclic) bond motifs is 1. The van der Waals surface area contributed by atoms with Gasteiger partial charge in [-0.25, -0.2) is 0 Å². The van der Waals surface area contributed by atoms with Gasteiger partial charge in [0.15, 0.2) is 0 Å². The molecule has 1 fully saturated rings. The first-order chi connectivity index (χ1) is 9.65. The summed E-state index contributed by atoms with van der Waals surface area (Å²) in [5.41, 5.74) is 0.0652. The molecule has 2 heterocycles. The molecule has 1 aliphatic heterocycles. The Morgan fingerprint density at radius 3 is 2.80 bits per heavy atom. The maximum atomic E-state index is 11.9. The molecule has 1 aromatic carbocycles. The van der Waals surface area contributed by atoms with Crippen molar-refractivity contribution in [1.82, 2.24) is 10.2 Å². The third-order valence-electron chi connectivity index (χ3n) is 3.67. The number of rotatable bonds is 3. The minimum atomic E-state index is -0.302.